The van der Waals surface area contributed by atoms with Crippen molar-refractivity contribution in [3.8, 4) is 12.3 Å². The molecule has 0 saturated carbocycles. The lowest BCUT2D eigenvalue weighted by Crippen LogP contribution is -2.25. The highest BCUT2D eigenvalue weighted by molar-refractivity contribution is 6.31. The van der Waals surface area contributed by atoms with Crippen molar-refractivity contribution in [3.63, 3.8) is 0 Å². The molecule has 0 aliphatic rings. The summed E-state index contributed by atoms with van der Waals surface area (Å²) in [5.74, 6) is 2.50. The Kier molecular flexibility index (Phi) is 5.59. The van der Waals surface area contributed by atoms with Gasteiger partial charge in [0.2, 0.25) is 0 Å². The maximum atomic E-state index is 11.8. The molecule has 0 fully saturated rings. The van der Waals surface area contributed by atoms with Gasteiger partial charge in [-0.25, -0.2) is 0 Å². The van der Waals surface area contributed by atoms with Crippen molar-refractivity contribution in [2.75, 3.05) is 6.54 Å². The van der Waals surface area contributed by atoms with Crippen molar-refractivity contribution >= 4 is 17.5 Å². The summed E-state index contributed by atoms with van der Waals surface area (Å²) < 4.78 is 0. The van der Waals surface area contributed by atoms with Crippen LogP contribution in [0.25, 0.3) is 0 Å². The Bertz CT molecular complexity index is 434. The van der Waals surface area contributed by atoms with Crippen molar-refractivity contribution in [2.45, 2.75) is 26.2 Å². The highest BCUT2D eigenvalue weighted by atomic mass is 35.5. The van der Waals surface area contributed by atoms with Gasteiger partial charge in [0.05, 0.1) is 0 Å². The normalized spacial score (nSPS) is 9.71. The first-order valence-corrected chi connectivity index (χ1v) is 6.00. The Morgan fingerprint density at radius 2 is 2.24 bits per heavy atom. The first-order chi connectivity index (χ1) is 8.15. The first-order valence-electron chi connectivity index (χ1n) is 5.63. The summed E-state index contributed by atoms with van der Waals surface area (Å²) in [5, 5.41) is 3.44. The summed E-state index contributed by atoms with van der Waals surface area (Å²) in [7, 11) is 0. The molecule has 0 aliphatic carbocycles. The van der Waals surface area contributed by atoms with Crippen LogP contribution in [0, 0.1) is 19.3 Å². The van der Waals surface area contributed by atoms with Crippen LogP contribution in [-0.4, -0.2) is 12.5 Å². The second kappa shape index (κ2) is 6.98. The molecule has 1 rings (SSSR count). The molecule has 0 spiro atoms. The Hall–Kier alpha value is -1.46. The molecule has 0 aliphatic heterocycles. The summed E-state index contributed by atoms with van der Waals surface area (Å²) in [4.78, 5) is 11.8. The average molecular weight is 250 g/mol. The zero-order valence-corrected chi connectivity index (χ0v) is 10.7. The van der Waals surface area contributed by atoms with Gasteiger partial charge in [-0.3, -0.25) is 4.79 Å². The second-order valence-electron chi connectivity index (χ2n) is 3.88. The highest BCUT2D eigenvalue weighted by Crippen LogP contribution is 2.15. The number of benzene rings is 1. The number of unbranched alkanes of at least 4 members (excludes halogenated alkanes) is 2. The molecule has 3 heteroatoms. The zero-order chi connectivity index (χ0) is 12.7. The first kappa shape index (κ1) is 13.6. The maximum Gasteiger partial charge on any atom is 0.251 e. The van der Waals surface area contributed by atoms with E-state index >= 15 is 0 Å². The molecule has 0 aromatic heterocycles. The molecular weight excluding hydrogens is 234 g/mol. The molecule has 1 aromatic rings. The zero-order valence-electron chi connectivity index (χ0n) is 9.92. The van der Waals surface area contributed by atoms with E-state index in [1.54, 1.807) is 12.1 Å². The summed E-state index contributed by atoms with van der Waals surface area (Å²) in [6.45, 7) is 2.54. The van der Waals surface area contributed by atoms with E-state index in [0.29, 0.717) is 17.1 Å². The van der Waals surface area contributed by atoms with Crippen LogP contribution in [0.15, 0.2) is 18.2 Å². The lowest BCUT2D eigenvalue weighted by molar-refractivity contribution is 0.0952. The third kappa shape index (κ3) is 4.50. The van der Waals surface area contributed by atoms with Gasteiger partial charge >= 0.3 is 0 Å². The van der Waals surface area contributed by atoms with Crippen LogP contribution < -0.4 is 5.32 Å². The SMILES string of the molecule is C#CCCCCNC(=O)c1cc(Cl)ccc1C. The van der Waals surface area contributed by atoms with E-state index in [2.05, 4.69) is 11.2 Å². The van der Waals surface area contributed by atoms with Gasteiger partial charge in [0.15, 0.2) is 0 Å². The largest absolute Gasteiger partial charge is 0.352 e. The minimum atomic E-state index is -0.0780. The van der Waals surface area contributed by atoms with Gasteiger partial charge in [-0.15, -0.1) is 12.3 Å². The van der Waals surface area contributed by atoms with E-state index in [1.165, 1.54) is 0 Å². The average Bonchev–Trinajstić information content (AvgIpc) is 2.32. The number of aryl methyl sites for hydroxylation is 1. The van der Waals surface area contributed by atoms with Gasteiger partial charge in [-0.1, -0.05) is 17.7 Å². The number of hydrogen-bond donors (Lipinski definition) is 1. The number of amides is 1. The van der Waals surface area contributed by atoms with Crippen LogP contribution in [0.2, 0.25) is 5.02 Å². The summed E-state index contributed by atoms with van der Waals surface area (Å²) in [6.07, 6.45) is 7.74. The molecule has 0 atom stereocenters. The van der Waals surface area contributed by atoms with Crippen molar-refractivity contribution in [1.29, 1.82) is 0 Å². The van der Waals surface area contributed by atoms with E-state index in [1.807, 2.05) is 13.0 Å². The number of nitrogens with one attached hydrogen (secondary N) is 1. The van der Waals surface area contributed by atoms with E-state index in [0.717, 1.165) is 24.8 Å². The monoisotopic (exact) mass is 249 g/mol. The molecule has 0 unspecified atom stereocenters. The molecule has 0 bridgehead atoms. The van der Waals surface area contributed by atoms with Crippen LogP contribution >= 0.6 is 11.6 Å². The molecule has 1 aromatic carbocycles. The fourth-order valence-corrected chi connectivity index (χ4v) is 1.66. The minimum absolute atomic E-state index is 0.0780. The number of terminal acetylenes is 1. The van der Waals surface area contributed by atoms with Crippen molar-refractivity contribution in [1.82, 2.24) is 5.32 Å². The lowest BCUT2D eigenvalue weighted by atomic mass is 10.1. The van der Waals surface area contributed by atoms with Crippen LogP contribution in [0.3, 0.4) is 0 Å². The third-order valence-electron chi connectivity index (χ3n) is 2.48. The van der Waals surface area contributed by atoms with E-state index < -0.39 is 0 Å². The number of rotatable bonds is 5. The molecule has 17 heavy (non-hydrogen) atoms. The van der Waals surface area contributed by atoms with Crippen molar-refractivity contribution in [2.24, 2.45) is 0 Å². The summed E-state index contributed by atoms with van der Waals surface area (Å²) in [5.41, 5.74) is 1.56. The third-order valence-corrected chi connectivity index (χ3v) is 2.71. The van der Waals surface area contributed by atoms with Gasteiger partial charge in [-0.05, 0) is 37.5 Å². The van der Waals surface area contributed by atoms with Crippen LogP contribution in [0.5, 0.6) is 0 Å². The smallest absolute Gasteiger partial charge is 0.251 e. The molecule has 0 radical (unpaired) electrons. The standard InChI is InChI=1S/C14H16ClNO/c1-3-4-5-6-9-16-14(17)13-10-12(15)8-7-11(13)2/h1,7-8,10H,4-6,9H2,2H3,(H,16,17). The number of halogens is 1. The van der Waals surface area contributed by atoms with Crippen LogP contribution in [0.4, 0.5) is 0 Å². The lowest BCUT2D eigenvalue weighted by Gasteiger charge is -2.07. The molecule has 90 valence electrons. The summed E-state index contributed by atoms with van der Waals surface area (Å²) >= 11 is 5.86. The van der Waals surface area contributed by atoms with Crippen LogP contribution in [0.1, 0.15) is 35.2 Å². The quantitative estimate of drug-likeness (QED) is 0.630. The molecule has 1 N–H and O–H groups in total. The molecule has 1 amide bonds. The number of carbonyl (C=O) groups is 1. The maximum absolute atomic E-state index is 11.8. The van der Waals surface area contributed by atoms with E-state index in [-0.39, 0.29) is 5.91 Å². The Morgan fingerprint density at radius 1 is 1.47 bits per heavy atom. The van der Waals surface area contributed by atoms with Crippen molar-refractivity contribution in [3.05, 3.63) is 34.3 Å². The fraction of sp³-hybridized carbons (Fsp3) is 0.357. The van der Waals surface area contributed by atoms with Gasteiger partial charge in [0, 0.05) is 23.6 Å². The number of carbonyl (C=O) groups excluding carboxylic acids is 1. The van der Waals surface area contributed by atoms with Gasteiger partial charge in [0.1, 0.15) is 0 Å². The number of hydrogen-bond acceptors (Lipinski definition) is 1. The predicted octanol–water partition coefficient (Wildman–Crippen LogP) is 3.18. The van der Waals surface area contributed by atoms with Crippen molar-refractivity contribution < 1.29 is 4.79 Å². The molecule has 2 nitrogen and oxygen atoms in total. The topological polar surface area (TPSA) is 29.1 Å². The molecule has 0 saturated heterocycles. The predicted molar refractivity (Wildman–Crippen MR) is 71.2 cm³/mol. The Balaban J connectivity index is 2.47. The van der Waals surface area contributed by atoms with Gasteiger partial charge < -0.3 is 5.32 Å². The van der Waals surface area contributed by atoms with Gasteiger partial charge in [-0.2, -0.15) is 0 Å². The minimum Gasteiger partial charge on any atom is -0.352 e. The Labute approximate surface area is 107 Å². The Morgan fingerprint density at radius 3 is 2.94 bits per heavy atom. The molecular formula is C14H16ClNO. The van der Waals surface area contributed by atoms with Crippen LogP contribution in [-0.2, 0) is 0 Å². The van der Waals surface area contributed by atoms with E-state index in [4.69, 9.17) is 18.0 Å². The van der Waals surface area contributed by atoms with E-state index in [9.17, 15) is 4.79 Å². The second-order valence-corrected chi connectivity index (χ2v) is 4.31. The fourth-order valence-electron chi connectivity index (χ4n) is 1.49. The highest BCUT2D eigenvalue weighted by Gasteiger charge is 2.08. The molecule has 0 heterocycles. The van der Waals surface area contributed by atoms with Gasteiger partial charge in [0.25, 0.3) is 5.91 Å². The summed E-state index contributed by atoms with van der Waals surface area (Å²) in [6, 6.07) is 5.31.